The van der Waals surface area contributed by atoms with Gasteiger partial charge in [-0.05, 0) is 61.5 Å². The van der Waals surface area contributed by atoms with Gasteiger partial charge in [-0.15, -0.1) is 11.8 Å². The molecule has 0 aliphatic heterocycles. The third-order valence-electron chi connectivity index (χ3n) is 3.96. The number of carbonyl (C=O) groups excluding carboxylic acids is 2. The molecule has 2 aromatic carbocycles. The number of methoxy groups -OCH3 is 1. The van der Waals surface area contributed by atoms with Gasteiger partial charge in [0.05, 0.1) is 24.3 Å². The van der Waals surface area contributed by atoms with E-state index in [2.05, 4.69) is 10.6 Å². The van der Waals surface area contributed by atoms with Gasteiger partial charge in [0.1, 0.15) is 5.75 Å². The number of nitrogens with one attached hydrogen (secondary N) is 2. The molecule has 2 amide bonds. The van der Waals surface area contributed by atoms with Crippen LogP contribution in [0.15, 0.2) is 70.2 Å². The molecular weight excluding hydrogens is 412 g/mol. The van der Waals surface area contributed by atoms with E-state index in [1.54, 1.807) is 42.5 Å². The Morgan fingerprint density at radius 2 is 1.86 bits per heavy atom. The highest BCUT2D eigenvalue weighted by molar-refractivity contribution is 8.00. The highest BCUT2D eigenvalue weighted by Gasteiger charge is 2.17. The predicted molar refractivity (Wildman–Crippen MR) is 115 cm³/mol. The molecule has 0 saturated carbocycles. The minimum absolute atomic E-state index is 0.175. The van der Waals surface area contributed by atoms with Crippen LogP contribution in [0.2, 0.25) is 5.02 Å². The van der Waals surface area contributed by atoms with E-state index < -0.39 is 0 Å². The number of hydrogen-bond donors (Lipinski definition) is 2. The fourth-order valence-corrected chi connectivity index (χ4v) is 3.53. The molecule has 6 nitrogen and oxygen atoms in total. The molecule has 1 heterocycles. The van der Waals surface area contributed by atoms with Crippen LogP contribution in [0.4, 0.5) is 11.4 Å². The Hall–Kier alpha value is -2.90. The number of hydrogen-bond acceptors (Lipinski definition) is 5. The van der Waals surface area contributed by atoms with E-state index in [4.69, 9.17) is 20.8 Å². The number of thioether (sulfide) groups is 1. The van der Waals surface area contributed by atoms with Crippen LogP contribution in [-0.4, -0.2) is 24.2 Å². The first kappa shape index (κ1) is 20.8. The predicted octanol–water partition coefficient (Wildman–Crippen LogP) is 5.31. The molecule has 0 radical (unpaired) electrons. The fourth-order valence-electron chi connectivity index (χ4n) is 2.49. The van der Waals surface area contributed by atoms with Crippen LogP contribution >= 0.6 is 23.4 Å². The molecule has 29 heavy (non-hydrogen) atoms. The minimum Gasteiger partial charge on any atom is -0.495 e. The number of anilines is 2. The summed E-state index contributed by atoms with van der Waals surface area (Å²) in [6.07, 6.45) is 1.44. The first-order valence-electron chi connectivity index (χ1n) is 8.72. The van der Waals surface area contributed by atoms with Gasteiger partial charge in [-0.2, -0.15) is 0 Å². The fraction of sp³-hybridized carbons (Fsp3) is 0.143. The molecule has 0 spiro atoms. The third kappa shape index (κ3) is 5.56. The van der Waals surface area contributed by atoms with E-state index in [-0.39, 0.29) is 22.8 Å². The summed E-state index contributed by atoms with van der Waals surface area (Å²) in [4.78, 5) is 25.4. The number of benzene rings is 2. The van der Waals surface area contributed by atoms with Crippen molar-refractivity contribution in [3.63, 3.8) is 0 Å². The molecule has 1 atom stereocenters. The third-order valence-corrected chi connectivity index (χ3v) is 5.31. The number of halogens is 1. The molecule has 2 N–H and O–H groups in total. The van der Waals surface area contributed by atoms with E-state index in [1.807, 2.05) is 19.1 Å². The van der Waals surface area contributed by atoms with Crippen molar-refractivity contribution in [2.24, 2.45) is 0 Å². The molecule has 3 rings (SSSR count). The Morgan fingerprint density at radius 3 is 2.52 bits per heavy atom. The summed E-state index contributed by atoms with van der Waals surface area (Å²) in [6.45, 7) is 1.81. The normalized spacial score (nSPS) is 11.6. The second-order valence-electron chi connectivity index (χ2n) is 6.05. The lowest BCUT2D eigenvalue weighted by Gasteiger charge is -2.14. The summed E-state index contributed by atoms with van der Waals surface area (Å²) >= 11 is 7.40. The standard InChI is InChI=1S/C21H19ClN2O4S/c1-13(20(25)24-17-12-14(22)5-10-18(17)27-2)29-16-8-6-15(7-9-16)23-21(26)19-4-3-11-28-19/h3-13H,1-2H3,(H,23,26)(H,24,25). The molecule has 1 aromatic heterocycles. The molecule has 150 valence electrons. The van der Waals surface area contributed by atoms with Gasteiger partial charge in [-0.3, -0.25) is 9.59 Å². The lowest BCUT2D eigenvalue weighted by atomic mass is 10.3. The summed E-state index contributed by atoms with van der Waals surface area (Å²) in [7, 11) is 1.53. The molecule has 3 aromatic rings. The van der Waals surface area contributed by atoms with Crippen LogP contribution in [-0.2, 0) is 4.79 Å². The SMILES string of the molecule is COc1ccc(Cl)cc1NC(=O)C(C)Sc1ccc(NC(=O)c2ccco2)cc1. The van der Waals surface area contributed by atoms with Crippen molar-refractivity contribution in [3.05, 3.63) is 71.6 Å². The van der Waals surface area contributed by atoms with Crippen LogP contribution in [0.3, 0.4) is 0 Å². The second kappa shape index (κ2) is 9.54. The van der Waals surface area contributed by atoms with E-state index >= 15 is 0 Å². The zero-order valence-electron chi connectivity index (χ0n) is 15.8. The highest BCUT2D eigenvalue weighted by Crippen LogP contribution is 2.30. The molecule has 1 unspecified atom stereocenters. The van der Waals surface area contributed by atoms with Crippen molar-refractivity contribution >= 4 is 46.6 Å². The number of carbonyl (C=O) groups is 2. The topological polar surface area (TPSA) is 80.6 Å². The number of furan rings is 1. The van der Waals surface area contributed by atoms with Gasteiger partial charge in [-0.25, -0.2) is 0 Å². The van der Waals surface area contributed by atoms with Crippen molar-refractivity contribution in [1.29, 1.82) is 0 Å². The van der Waals surface area contributed by atoms with E-state index in [9.17, 15) is 9.59 Å². The molecule has 0 fully saturated rings. The van der Waals surface area contributed by atoms with Gasteiger partial charge in [0.2, 0.25) is 5.91 Å². The smallest absolute Gasteiger partial charge is 0.291 e. The maximum absolute atomic E-state index is 12.5. The summed E-state index contributed by atoms with van der Waals surface area (Å²) in [6, 6.07) is 15.5. The molecule has 0 aliphatic rings. The van der Waals surface area contributed by atoms with Gasteiger partial charge in [0.25, 0.3) is 5.91 Å². The Bertz CT molecular complexity index is 990. The Labute approximate surface area is 177 Å². The monoisotopic (exact) mass is 430 g/mol. The van der Waals surface area contributed by atoms with Gasteiger partial charge in [0.15, 0.2) is 5.76 Å². The number of amides is 2. The van der Waals surface area contributed by atoms with Crippen molar-refractivity contribution in [3.8, 4) is 5.75 Å². The minimum atomic E-state index is -0.359. The molecule has 0 aliphatic carbocycles. The van der Waals surface area contributed by atoms with Gasteiger partial charge < -0.3 is 19.8 Å². The maximum atomic E-state index is 12.5. The zero-order chi connectivity index (χ0) is 20.8. The largest absolute Gasteiger partial charge is 0.495 e. The summed E-state index contributed by atoms with van der Waals surface area (Å²) in [5, 5.41) is 5.74. The van der Waals surface area contributed by atoms with E-state index in [1.165, 1.54) is 25.1 Å². The average Bonchev–Trinajstić information content (AvgIpc) is 3.24. The highest BCUT2D eigenvalue weighted by atomic mass is 35.5. The van der Waals surface area contributed by atoms with Gasteiger partial charge in [-0.1, -0.05) is 11.6 Å². The Morgan fingerprint density at radius 1 is 1.10 bits per heavy atom. The summed E-state index contributed by atoms with van der Waals surface area (Å²) < 4.78 is 10.3. The second-order valence-corrected chi connectivity index (χ2v) is 7.90. The number of rotatable bonds is 7. The van der Waals surface area contributed by atoms with E-state index in [0.717, 1.165) is 4.90 Å². The van der Waals surface area contributed by atoms with Crippen molar-refractivity contribution in [1.82, 2.24) is 0 Å². The molecular formula is C21H19ClN2O4S. The van der Waals surface area contributed by atoms with E-state index in [0.29, 0.717) is 22.1 Å². The molecule has 0 saturated heterocycles. The summed E-state index contributed by atoms with van der Waals surface area (Å²) in [5.74, 6) is 0.283. The van der Waals surface area contributed by atoms with Crippen LogP contribution in [0, 0.1) is 0 Å². The lowest BCUT2D eigenvalue weighted by molar-refractivity contribution is -0.115. The number of ether oxygens (including phenoxy) is 1. The van der Waals surface area contributed by atoms with Crippen molar-refractivity contribution in [2.45, 2.75) is 17.1 Å². The first-order chi connectivity index (χ1) is 14.0. The van der Waals surface area contributed by atoms with Crippen LogP contribution < -0.4 is 15.4 Å². The lowest BCUT2D eigenvalue weighted by Crippen LogP contribution is -2.22. The van der Waals surface area contributed by atoms with Crippen molar-refractivity contribution in [2.75, 3.05) is 17.7 Å². The Kier molecular flexibility index (Phi) is 6.85. The Balaban J connectivity index is 1.59. The first-order valence-corrected chi connectivity index (χ1v) is 9.98. The van der Waals surface area contributed by atoms with Crippen LogP contribution in [0.1, 0.15) is 17.5 Å². The van der Waals surface area contributed by atoms with Crippen LogP contribution in [0.25, 0.3) is 0 Å². The molecule has 0 bridgehead atoms. The molecule has 8 heteroatoms. The van der Waals surface area contributed by atoms with Crippen molar-refractivity contribution < 1.29 is 18.7 Å². The van der Waals surface area contributed by atoms with Gasteiger partial charge >= 0.3 is 0 Å². The summed E-state index contributed by atoms with van der Waals surface area (Å²) in [5.41, 5.74) is 1.16. The van der Waals surface area contributed by atoms with Crippen LogP contribution in [0.5, 0.6) is 5.75 Å². The zero-order valence-corrected chi connectivity index (χ0v) is 17.3. The average molecular weight is 431 g/mol. The quantitative estimate of drug-likeness (QED) is 0.496. The maximum Gasteiger partial charge on any atom is 0.291 e. The van der Waals surface area contributed by atoms with Gasteiger partial charge in [0, 0.05) is 15.6 Å².